The van der Waals surface area contributed by atoms with Crippen molar-refractivity contribution in [2.45, 2.75) is 26.3 Å². The number of carbonyl (C=O) groups excluding carboxylic acids is 1. The maximum atomic E-state index is 12.7. The van der Waals surface area contributed by atoms with Gasteiger partial charge in [-0.1, -0.05) is 17.7 Å². The molecule has 1 aliphatic heterocycles. The van der Waals surface area contributed by atoms with Crippen molar-refractivity contribution in [2.24, 2.45) is 11.7 Å². The normalized spacial score (nSPS) is 20.9. The van der Waals surface area contributed by atoms with Crippen molar-refractivity contribution in [1.82, 2.24) is 14.7 Å². The highest BCUT2D eigenvalue weighted by molar-refractivity contribution is 5.92. The Balaban J connectivity index is 1.87. The first-order chi connectivity index (χ1) is 11.0. The lowest BCUT2D eigenvalue weighted by Gasteiger charge is -2.20. The van der Waals surface area contributed by atoms with Crippen LogP contribution < -0.4 is 11.3 Å². The summed E-state index contributed by atoms with van der Waals surface area (Å²) in [5.41, 5.74) is 7.63. The van der Waals surface area contributed by atoms with Gasteiger partial charge in [0.1, 0.15) is 5.69 Å². The Kier molecular flexibility index (Phi) is 4.09. The minimum Gasteiger partial charge on any atom is -0.334 e. The topological polar surface area (TPSA) is 84.1 Å². The van der Waals surface area contributed by atoms with E-state index < -0.39 is 0 Å². The summed E-state index contributed by atoms with van der Waals surface area (Å²) in [6, 6.07) is 9.07. The van der Waals surface area contributed by atoms with Crippen LogP contribution in [-0.4, -0.2) is 39.7 Å². The number of hydrogen-bond donors (Lipinski definition) is 2. The molecular weight excluding hydrogens is 292 g/mol. The standard InChI is InChI=1S/C17H22N4O2/c1-11-3-5-14(6-4-11)21-16(22)8-15(19-21)17(23)20-10-13(9-18)7-12(20)2/h3-6,8,12-13,19H,7,9-10,18H2,1-2H3. The molecule has 2 atom stereocenters. The second-order valence-corrected chi connectivity index (χ2v) is 6.32. The number of nitrogens with one attached hydrogen (secondary N) is 1. The molecule has 122 valence electrons. The molecule has 2 unspecified atom stereocenters. The summed E-state index contributed by atoms with van der Waals surface area (Å²) in [6.45, 7) is 5.23. The number of nitrogens with zero attached hydrogens (tertiary/aromatic N) is 2. The van der Waals surface area contributed by atoms with Gasteiger partial charge in [-0.15, -0.1) is 0 Å². The van der Waals surface area contributed by atoms with E-state index in [4.69, 9.17) is 5.73 Å². The molecule has 0 aliphatic carbocycles. The number of likely N-dealkylation sites (tertiary alicyclic amines) is 1. The van der Waals surface area contributed by atoms with Gasteiger partial charge in [-0.25, -0.2) is 4.68 Å². The third-order valence-electron chi connectivity index (χ3n) is 4.50. The summed E-state index contributed by atoms with van der Waals surface area (Å²) in [7, 11) is 0. The molecule has 23 heavy (non-hydrogen) atoms. The van der Waals surface area contributed by atoms with E-state index in [1.165, 1.54) is 10.7 Å². The number of hydrogen-bond acceptors (Lipinski definition) is 3. The number of H-pyrrole nitrogens is 1. The van der Waals surface area contributed by atoms with Gasteiger partial charge in [0.05, 0.1) is 5.69 Å². The van der Waals surface area contributed by atoms with Crippen LogP contribution in [0.5, 0.6) is 0 Å². The number of aryl methyl sites for hydroxylation is 1. The zero-order valence-electron chi connectivity index (χ0n) is 13.5. The van der Waals surface area contributed by atoms with Crippen molar-refractivity contribution >= 4 is 5.91 Å². The van der Waals surface area contributed by atoms with Crippen LogP contribution >= 0.6 is 0 Å². The zero-order chi connectivity index (χ0) is 16.6. The molecule has 0 saturated carbocycles. The minimum atomic E-state index is -0.237. The third-order valence-corrected chi connectivity index (χ3v) is 4.50. The molecule has 2 heterocycles. The first-order valence-corrected chi connectivity index (χ1v) is 7.89. The highest BCUT2D eigenvalue weighted by atomic mass is 16.2. The Morgan fingerprint density at radius 2 is 2.04 bits per heavy atom. The van der Waals surface area contributed by atoms with Gasteiger partial charge >= 0.3 is 0 Å². The van der Waals surface area contributed by atoms with Crippen LogP contribution in [0.15, 0.2) is 35.1 Å². The van der Waals surface area contributed by atoms with E-state index in [0.29, 0.717) is 30.4 Å². The van der Waals surface area contributed by atoms with Crippen LogP contribution in [0.3, 0.4) is 0 Å². The molecule has 6 nitrogen and oxygen atoms in total. The molecule has 0 bridgehead atoms. The Labute approximate surface area is 134 Å². The van der Waals surface area contributed by atoms with Crippen molar-refractivity contribution in [1.29, 1.82) is 0 Å². The van der Waals surface area contributed by atoms with E-state index in [9.17, 15) is 9.59 Å². The van der Waals surface area contributed by atoms with Crippen LogP contribution in [0.4, 0.5) is 0 Å². The Hall–Kier alpha value is -2.34. The van der Waals surface area contributed by atoms with E-state index in [-0.39, 0.29) is 17.5 Å². The molecule has 0 radical (unpaired) electrons. The van der Waals surface area contributed by atoms with Gasteiger partial charge in [-0.3, -0.25) is 14.7 Å². The first kappa shape index (κ1) is 15.6. The Bertz CT molecular complexity index is 760. The second kappa shape index (κ2) is 6.04. The van der Waals surface area contributed by atoms with Crippen LogP contribution in [0, 0.1) is 12.8 Å². The summed E-state index contributed by atoms with van der Waals surface area (Å²) >= 11 is 0. The van der Waals surface area contributed by atoms with Gasteiger partial charge in [-0.2, -0.15) is 0 Å². The first-order valence-electron chi connectivity index (χ1n) is 7.89. The lowest BCUT2D eigenvalue weighted by molar-refractivity contribution is 0.0737. The van der Waals surface area contributed by atoms with E-state index in [0.717, 1.165) is 12.0 Å². The van der Waals surface area contributed by atoms with Gasteiger partial charge in [0, 0.05) is 18.7 Å². The molecule has 1 saturated heterocycles. The number of aromatic amines is 1. The maximum absolute atomic E-state index is 12.7. The molecule has 1 amide bonds. The number of carbonyl (C=O) groups is 1. The number of rotatable bonds is 3. The fourth-order valence-electron chi connectivity index (χ4n) is 3.14. The molecule has 6 heteroatoms. The quantitative estimate of drug-likeness (QED) is 0.895. The fourth-order valence-corrected chi connectivity index (χ4v) is 3.14. The fraction of sp³-hybridized carbons (Fsp3) is 0.412. The van der Waals surface area contributed by atoms with Crippen molar-refractivity contribution in [3.63, 3.8) is 0 Å². The SMILES string of the molecule is Cc1ccc(-n2[nH]c(C(=O)N3CC(CN)CC3C)cc2=O)cc1. The summed E-state index contributed by atoms with van der Waals surface area (Å²) in [6.07, 6.45) is 0.908. The van der Waals surface area contributed by atoms with Crippen molar-refractivity contribution in [3.05, 3.63) is 51.9 Å². The van der Waals surface area contributed by atoms with Crippen LogP contribution in [0.1, 0.15) is 29.4 Å². The maximum Gasteiger partial charge on any atom is 0.272 e. The lowest BCUT2D eigenvalue weighted by atomic mass is 10.1. The van der Waals surface area contributed by atoms with Gasteiger partial charge in [0.25, 0.3) is 11.5 Å². The molecule has 3 N–H and O–H groups in total. The monoisotopic (exact) mass is 314 g/mol. The minimum absolute atomic E-state index is 0.141. The molecule has 0 spiro atoms. The molecule has 2 aromatic rings. The third kappa shape index (κ3) is 2.94. The molecule has 3 rings (SSSR count). The molecular formula is C17H22N4O2. The van der Waals surface area contributed by atoms with Gasteiger partial charge in [0.15, 0.2) is 0 Å². The second-order valence-electron chi connectivity index (χ2n) is 6.32. The average molecular weight is 314 g/mol. The van der Waals surface area contributed by atoms with E-state index >= 15 is 0 Å². The molecule has 1 aliphatic rings. The number of nitrogens with two attached hydrogens (primary N) is 1. The highest BCUT2D eigenvalue weighted by Gasteiger charge is 2.33. The zero-order valence-corrected chi connectivity index (χ0v) is 13.5. The molecule has 1 aromatic carbocycles. The summed E-state index contributed by atoms with van der Waals surface area (Å²) in [5, 5.41) is 2.93. The number of aromatic nitrogens is 2. The molecule has 1 fully saturated rings. The number of amides is 1. The van der Waals surface area contributed by atoms with E-state index in [1.54, 1.807) is 4.90 Å². The smallest absolute Gasteiger partial charge is 0.272 e. The van der Waals surface area contributed by atoms with E-state index in [1.807, 2.05) is 38.1 Å². The van der Waals surface area contributed by atoms with Crippen LogP contribution in [-0.2, 0) is 0 Å². The summed E-state index contributed by atoms with van der Waals surface area (Å²) < 4.78 is 1.40. The van der Waals surface area contributed by atoms with Gasteiger partial charge in [0.2, 0.25) is 0 Å². The van der Waals surface area contributed by atoms with Crippen molar-refractivity contribution in [3.8, 4) is 5.69 Å². The largest absolute Gasteiger partial charge is 0.334 e. The van der Waals surface area contributed by atoms with Gasteiger partial charge < -0.3 is 10.6 Å². The average Bonchev–Trinajstić information content (AvgIpc) is 3.10. The lowest BCUT2D eigenvalue weighted by Crippen LogP contribution is -2.34. The number of benzene rings is 1. The van der Waals surface area contributed by atoms with Crippen molar-refractivity contribution in [2.75, 3.05) is 13.1 Å². The van der Waals surface area contributed by atoms with E-state index in [2.05, 4.69) is 5.10 Å². The Morgan fingerprint density at radius 1 is 1.35 bits per heavy atom. The predicted molar refractivity (Wildman–Crippen MR) is 88.8 cm³/mol. The summed E-state index contributed by atoms with van der Waals surface area (Å²) in [4.78, 5) is 26.7. The highest BCUT2D eigenvalue weighted by Crippen LogP contribution is 2.23. The predicted octanol–water partition coefficient (Wildman–Crippen LogP) is 1.28. The van der Waals surface area contributed by atoms with Crippen molar-refractivity contribution < 1.29 is 4.79 Å². The summed E-state index contributed by atoms with van der Waals surface area (Å²) in [5.74, 6) is 0.191. The van der Waals surface area contributed by atoms with Crippen LogP contribution in [0.25, 0.3) is 5.69 Å². The van der Waals surface area contributed by atoms with Gasteiger partial charge in [-0.05, 0) is 44.9 Å². The van der Waals surface area contributed by atoms with Crippen LogP contribution in [0.2, 0.25) is 0 Å². The molecule has 1 aromatic heterocycles. The Morgan fingerprint density at radius 3 is 2.65 bits per heavy atom.